The first-order valence-electron chi connectivity index (χ1n) is 4.88. The average Bonchev–Trinajstić information content (AvgIpc) is 2.37. The highest BCUT2D eigenvalue weighted by Gasteiger charge is 2.15. The number of aromatic nitrogens is 1. The molecule has 1 aromatic carbocycles. The molecule has 0 spiro atoms. The lowest BCUT2D eigenvalue weighted by atomic mass is 10.1. The van der Waals surface area contributed by atoms with E-state index in [4.69, 9.17) is 9.47 Å². The van der Waals surface area contributed by atoms with Crippen molar-refractivity contribution in [1.82, 2.24) is 4.98 Å². The third-order valence-corrected chi connectivity index (χ3v) is 3.06. The van der Waals surface area contributed by atoms with Crippen molar-refractivity contribution in [3.8, 4) is 5.75 Å². The van der Waals surface area contributed by atoms with Crippen LogP contribution >= 0.6 is 15.9 Å². The van der Waals surface area contributed by atoms with E-state index >= 15 is 0 Å². The summed E-state index contributed by atoms with van der Waals surface area (Å²) in [4.78, 5) is 15.6. The number of benzene rings is 1. The van der Waals surface area contributed by atoms with Crippen molar-refractivity contribution in [1.29, 1.82) is 0 Å². The van der Waals surface area contributed by atoms with Crippen LogP contribution in [0.5, 0.6) is 5.75 Å². The van der Waals surface area contributed by atoms with Gasteiger partial charge in [0.15, 0.2) is 5.69 Å². The van der Waals surface area contributed by atoms with E-state index in [1.807, 2.05) is 6.07 Å². The first-order valence-corrected chi connectivity index (χ1v) is 5.68. The van der Waals surface area contributed by atoms with Gasteiger partial charge in [0, 0.05) is 17.0 Å². The van der Waals surface area contributed by atoms with E-state index in [1.165, 1.54) is 7.11 Å². The topological polar surface area (TPSA) is 48.4 Å². The molecule has 0 aliphatic rings. The third-order valence-electron chi connectivity index (χ3n) is 2.43. The standard InChI is InChI=1S/C12H10BrNO3/c1-16-11-8-5-6-14-10(12(15)17-2)7(8)3-4-9(11)13/h3-6H,1-2H3. The van der Waals surface area contributed by atoms with E-state index in [-0.39, 0.29) is 5.69 Å². The van der Waals surface area contributed by atoms with E-state index in [1.54, 1.807) is 25.4 Å². The highest BCUT2D eigenvalue weighted by molar-refractivity contribution is 9.10. The summed E-state index contributed by atoms with van der Waals surface area (Å²) >= 11 is 3.39. The van der Waals surface area contributed by atoms with Crippen LogP contribution in [0.15, 0.2) is 28.9 Å². The maximum Gasteiger partial charge on any atom is 0.357 e. The molecule has 0 unspecified atom stereocenters. The summed E-state index contributed by atoms with van der Waals surface area (Å²) < 4.78 is 10.8. The number of halogens is 1. The number of methoxy groups -OCH3 is 2. The molecule has 1 heterocycles. The second kappa shape index (κ2) is 4.71. The molecule has 0 aliphatic carbocycles. The van der Waals surface area contributed by atoms with Crippen LogP contribution in [-0.2, 0) is 4.74 Å². The van der Waals surface area contributed by atoms with Crippen LogP contribution in [0.25, 0.3) is 10.8 Å². The Morgan fingerprint density at radius 1 is 1.24 bits per heavy atom. The minimum absolute atomic E-state index is 0.288. The van der Waals surface area contributed by atoms with Gasteiger partial charge >= 0.3 is 5.97 Å². The number of nitrogens with zero attached hydrogens (tertiary/aromatic N) is 1. The van der Waals surface area contributed by atoms with E-state index in [0.717, 1.165) is 9.86 Å². The van der Waals surface area contributed by atoms with E-state index in [0.29, 0.717) is 11.1 Å². The van der Waals surface area contributed by atoms with Gasteiger partial charge < -0.3 is 9.47 Å². The van der Waals surface area contributed by atoms with Crippen LogP contribution < -0.4 is 4.74 Å². The van der Waals surface area contributed by atoms with E-state index < -0.39 is 5.97 Å². The molecule has 0 atom stereocenters. The van der Waals surface area contributed by atoms with Gasteiger partial charge in [-0.25, -0.2) is 9.78 Å². The summed E-state index contributed by atoms with van der Waals surface area (Å²) in [6.45, 7) is 0. The molecule has 0 amide bonds. The summed E-state index contributed by atoms with van der Waals surface area (Å²) in [6.07, 6.45) is 1.56. The van der Waals surface area contributed by atoms with Gasteiger partial charge in [0.2, 0.25) is 0 Å². The first-order chi connectivity index (χ1) is 8.19. The summed E-state index contributed by atoms with van der Waals surface area (Å²) in [6, 6.07) is 5.42. The number of pyridine rings is 1. The molecule has 5 heteroatoms. The molecule has 0 bridgehead atoms. The number of carbonyl (C=O) groups excluding carboxylic acids is 1. The zero-order valence-electron chi connectivity index (χ0n) is 9.36. The van der Waals surface area contributed by atoms with Gasteiger partial charge in [-0.05, 0) is 28.1 Å². The molecule has 88 valence electrons. The minimum Gasteiger partial charge on any atom is -0.495 e. The number of hydrogen-bond donors (Lipinski definition) is 0. The number of fused-ring (bicyclic) bond motifs is 1. The number of esters is 1. The van der Waals surface area contributed by atoms with Gasteiger partial charge in [-0.3, -0.25) is 0 Å². The molecular weight excluding hydrogens is 286 g/mol. The smallest absolute Gasteiger partial charge is 0.357 e. The van der Waals surface area contributed by atoms with Crippen molar-refractivity contribution in [2.45, 2.75) is 0 Å². The molecule has 0 radical (unpaired) electrons. The zero-order valence-corrected chi connectivity index (χ0v) is 10.9. The third kappa shape index (κ3) is 1.98. The Kier molecular flexibility index (Phi) is 3.28. The van der Waals surface area contributed by atoms with Crippen LogP contribution in [0.2, 0.25) is 0 Å². The van der Waals surface area contributed by atoms with E-state index in [2.05, 4.69) is 20.9 Å². The van der Waals surface area contributed by atoms with Crippen molar-refractivity contribution in [3.05, 3.63) is 34.6 Å². The monoisotopic (exact) mass is 295 g/mol. The molecule has 0 aliphatic heterocycles. The molecule has 0 fully saturated rings. The molecule has 0 saturated carbocycles. The highest BCUT2D eigenvalue weighted by atomic mass is 79.9. The van der Waals surface area contributed by atoms with Crippen LogP contribution in [0, 0.1) is 0 Å². The largest absolute Gasteiger partial charge is 0.495 e. The van der Waals surface area contributed by atoms with Crippen LogP contribution in [-0.4, -0.2) is 25.2 Å². The van der Waals surface area contributed by atoms with Crippen molar-refractivity contribution in [2.24, 2.45) is 0 Å². The number of hydrogen-bond acceptors (Lipinski definition) is 4. The molecule has 17 heavy (non-hydrogen) atoms. The SMILES string of the molecule is COC(=O)c1nccc2c(OC)c(Br)ccc12. The Morgan fingerprint density at radius 3 is 2.65 bits per heavy atom. The van der Waals surface area contributed by atoms with Crippen LogP contribution in [0.1, 0.15) is 10.5 Å². The van der Waals surface area contributed by atoms with Crippen molar-refractivity contribution < 1.29 is 14.3 Å². The number of carbonyl (C=O) groups is 1. The lowest BCUT2D eigenvalue weighted by molar-refractivity contribution is 0.0596. The van der Waals surface area contributed by atoms with Crippen LogP contribution in [0.4, 0.5) is 0 Å². The maximum atomic E-state index is 11.6. The Bertz CT molecular complexity index is 583. The van der Waals surface area contributed by atoms with Gasteiger partial charge in [-0.1, -0.05) is 6.07 Å². The predicted octanol–water partition coefficient (Wildman–Crippen LogP) is 2.79. The van der Waals surface area contributed by atoms with Gasteiger partial charge in [0.05, 0.1) is 18.7 Å². The molecule has 1 aromatic heterocycles. The predicted molar refractivity (Wildman–Crippen MR) is 67.3 cm³/mol. The second-order valence-corrected chi connectivity index (χ2v) is 4.18. The first kappa shape index (κ1) is 11.9. The summed E-state index contributed by atoms with van der Waals surface area (Å²) in [5.41, 5.74) is 0.288. The number of rotatable bonds is 2. The van der Waals surface area contributed by atoms with Gasteiger partial charge in [-0.2, -0.15) is 0 Å². The molecule has 4 nitrogen and oxygen atoms in total. The average molecular weight is 296 g/mol. The molecule has 0 N–H and O–H groups in total. The Labute approximate surface area is 107 Å². The minimum atomic E-state index is -0.458. The van der Waals surface area contributed by atoms with Crippen molar-refractivity contribution >= 4 is 32.7 Å². The van der Waals surface area contributed by atoms with Gasteiger partial charge in [-0.15, -0.1) is 0 Å². The quantitative estimate of drug-likeness (QED) is 0.800. The fourth-order valence-electron chi connectivity index (χ4n) is 1.67. The molecule has 2 aromatic rings. The van der Waals surface area contributed by atoms with Crippen LogP contribution in [0.3, 0.4) is 0 Å². The Hall–Kier alpha value is -1.62. The fourth-order valence-corrected chi connectivity index (χ4v) is 2.18. The Morgan fingerprint density at radius 2 is 2.00 bits per heavy atom. The van der Waals surface area contributed by atoms with E-state index in [9.17, 15) is 4.79 Å². The Balaban J connectivity index is 2.79. The van der Waals surface area contributed by atoms with Gasteiger partial charge in [0.25, 0.3) is 0 Å². The zero-order chi connectivity index (χ0) is 12.4. The van der Waals surface area contributed by atoms with Crippen molar-refractivity contribution in [2.75, 3.05) is 14.2 Å². The lowest BCUT2D eigenvalue weighted by Crippen LogP contribution is -2.05. The highest BCUT2D eigenvalue weighted by Crippen LogP contribution is 2.34. The molecule has 2 rings (SSSR count). The summed E-state index contributed by atoms with van der Waals surface area (Å²) in [5, 5.41) is 1.52. The fraction of sp³-hybridized carbons (Fsp3) is 0.167. The molecule has 0 saturated heterocycles. The second-order valence-electron chi connectivity index (χ2n) is 3.33. The maximum absolute atomic E-state index is 11.6. The lowest BCUT2D eigenvalue weighted by Gasteiger charge is -2.09. The molecular formula is C12H10BrNO3. The van der Waals surface area contributed by atoms with Gasteiger partial charge in [0.1, 0.15) is 5.75 Å². The normalized spacial score (nSPS) is 10.3. The van der Waals surface area contributed by atoms with Crippen molar-refractivity contribution in [3.63, 3.8) is 0 Å². The summed E-state index contributed by atoms with van der Waals surface area (Å²) in [5.74, 6) is 0.218. The summed E-state index contributed by atoms with van der Waals surface area (Å²) in [7, 11) is 2.91. The number of ether oxygens (including phenoxy) is 2.